The van der Waals surface area contributed by atoms with Crippen molar-refractivity contribution in [2.75, 3.05) is 18.0 Å². The standard InChI is InChI=1S/C17H16BrN5O2S/c18-11-1-2-12-13(8-11)21-22-16(12)23-9-10(7-15(23)24)17(25)20-4-3-14-19-5-6-26-14/h1-2,5-6,8,10H,3-4,7,9H2,(H,20,25)(H,21,22). The van der Waals surface area contributed by atoms with Crippen LogP contribution in [0.5, 0.6) is 0 Å². The molecule has 1 aliphatic rings. The van der Waals surface area contributed by atoms with E-state index < -0.39 is 0 Å². The molecule has 1 aromatic carbocycles. The zero-order chi connectivity index (χ0) is 18.1. The van der Waals surface area contributed by atoms with Gasteiger partial charge in [-0.15, -0.1) is 11.3 Å². The zero-order valence-electron chi connectivity index (χ0n) is 13.7. The Labute approximate surface area is 161 Å². The molecule has 2 amide bonds. The number of rotatable bonds is 5. The lowest BCUT2D eigenvalue weighted by atomic mass is 10.1. The van der Waals surface area contributed by atoms with Crippen LogP contribution in [-0.2, 0) is 16.0 Å². The van der Waals surface area contributed by atoms with E-state index in [1.54, 1.807) is 22.4 Å². The Morgan fingerprint density at radius 3 is 3.15 bits per heavy atom. The van der Waals surface area contributed by atoms with Crippen LogP contribution in [0.2, 0.25) is 0 Å². The van der Waals surface area contributed by atoms with Crippen molar-refractivity contribution in [3.05, 3.63) is 39.3 Å². The molecule has 7 nitrogen and oxygen atoms in total. The predicted molar refractivity (Wildman–Crippen MR) is 103 cm³/mol. The summed E-state index contributed by atoms with van der Waals surface area (Å²) in [4.78, 5) is 30.6. The number of anilines is 1. The molecule has 0 aliphatic carbocycles. The van der Waals surface area contributed by atoms with Gasteiger partial charge < -0.3 is 5.32 Å². The number of nitrogens with one attached hydrogen (secondary N) is 2. The van der Waals surface area contributed by atoms with Crippen LogP contribution in [0.15, 0.2) is 34.2 Å². The molecule has 3 aromatic rings. The second-order valence-corrected chi connectivity index (χ2v) is 8.00. The van der Waals surface area contributed by atoms with Crippen molar-refractivity contribution in [2.24, 2.45) is 5.92 Å². The highest BCUT2D eigenvalue weighted by atomic mass is 79.9. The molecular formula is C17H16BrN5O2S. The largest absolute Gasteiger partial charge is 0.355 e. The molecule has 1 aliphatic heterocycles. The number of hydrogen-bond donors (Lipinski definition) is 2. The number of amides is 2. The summed E-state index contributed by atoms with van der Waals surface area (Å²) in [7, 11) is 0. The summed E-state index contributed by atoms with van der Waals surface area (Å²) >= 11 is 4.99. The molecule has 0 spiro atoms. The van der Waals surface area contributed by atoms with Crippen molar-refractivity contribution in [1.82, 2.24) is 20.5 Å². The first-order valence-corrected chi connectivity index (χ1v) is 9.89. The molecule has 0 radical (unpaired) electrons. The number of aromatic amines is 1. The SMILES string of the molecule is O=C(NCCc1nccs1)C1CC(=O)N(c2n[nH]c3cc(Br)ccc23)C1. The number of carbonyl (C=O) groups is 2. The van der Waals surface area contributed by atoms with E-state index in [1.807, 2.05) is 23.6 Å². The molecular weight excluding hydrogens is 418 g/mol. The van der Waals surface area contributed by atoms with Gasteiger partial charge in [0.2, 0.25) is 11.8 Å². The molecule has 9 heteroatoms. The Kier molecular flexibility index (Phi) is 4.73. The highest BCUT2D eigenvalue weighted by molar-refractivity contribution is 9.10. The normalized spacial score (nSPS) is 17.2. The monoisotopic (exact) mass is 433 g/mol. The molecule has 2 N–H and O–H groups in total. The number of aromatic nitrogens is 3. The molecule has 2 aromatic heterocycles. The number of thiazole rings is 1. The highest BCUT2D eigenvalue weighted by Gasteiger charge is 2.36. The first kappa shape index (κ1) is 17.2. The van der Waals surface area contributed by atoms with E-state index >= 15 is 0 Å². The third kappa shape index (κ3) is 3.36. The Bertz CT molecular complexity index is 955. The number of fused-ring (bicyclic) bond motifs is 1. The topological polar surface area (TPSA) is 91.0 Å². The summed E-state index contributed by atoms with van der Waals surface area (Å²) in [5.74, 6) is 0.0398. The Balaban J connectivity index is 1.42. The van der Waals surface area contributed by atoms with Crippen LogP contribution in [0.4, 0.5) is 5.82 Å². The number of H-pyrrole nitrogens is 1. The van der Waals surface area contributed by atoms with Gasteiger partial charge in [0.15, 0.2) is 5.82 Å². The minimum absolute atomic E-state index is 0.0820. The molecule has 1 unspecified atom stereocenters. The Morgan fingerprint density at radius 2 is 2.35 bits per heavy atom. The van der Waals surface area contributed by atoms with E-state index in [2.05, 4.69) is 36.4 Å². The smallest absolute Gasteiger partial charge is 0.229 e. The molecule has 4 rings (SSSR count). The average molecular weight is 434 g/mol. The van der Waals surface area contributed by atoms with Crippen molar-refractivity contribution < 1.29 is 9.59 Å². The maximum atomic E-state index is 12.4. The summed E-state index contributed by atoms with van der Waals surface area (Å²) in [6.45, 7) is 0.869. The number of benzene rings is 1. The Morgan fingerprint density at radius 1 is 1.46 bits per heavy atom. The van der Waals surface area contributed by atoms with Crippen LogP contribution in [0, 0.1) is 5.92 Å². The lowest BCUT2D eigenvalue weighted by molar-refractivity contribution is -0.126. The van der Waals surface area contributed by atoms with Gasteiger partial charge in [-0.3, -0.25) is 19.6 Å². The highest BCUT2D eigenvalue weighted by Crippen LogP contribution is 2.31. The first-order chi connectivity index (χ1) is 12.6. The summed E-state index contributed by atoms with van der Waals surface area (Å²) < 4.78 is 0.936. The fourth-order valence-electron chi connectivity index (χ4n) is 3.08. The van der Waals surface area contributed by atoms with Gasteiger partial charge in [0.1, 0.15) is 0 Å². The van der Waals surface area contributed by atoms with Crippen molar-refractivity contribution in [3.8, 4) is 0 Å². The van der Waals surface area contributed by atoms with Crippen LogP contribution in [0.1, 0.15) is 11.4 Å². The molecule has 134 valence electrons. The molecule has 1 atom stereocenters. The van der Waals surface area contributed by atoms with Gasteiger partial charge in [-0.05, 0) is 18.2 Å². The minimum Gasteiger partial charge on any atom is -0.355 e. The van der Waals surface area contributed by atoms with Crippen molar-refractivity contribution >= 4 is 55.8 Å². The number of halogens is 1. The minimum atomic E-state index is -0.360. The third-order valence-electron chi connectivity index (χ3n) is 4.38. The van der Waals surface area contributed by atoms with Gasteiger partial charge in [-0.1, -0.05) is 15.9 Å². The summed E-state index contributed by atoms with van der Waals surface area (Å²) in [5, 5.41) is 13.9. The van der Waals surface area contributed by atoms with Crippen LogP contribution < -0.4 is 10.2 Å². The summed E-state index contributed by atoms with van der Waals surface area (Å²) in [5.41, 5.74) is 0.846. The van der Waals surface area contributed by atoms with E-state index in [4.69, 9.17) is 0 Å². The van der Waals surface area contributed by atoms with E-state index in [0.29, 0.717) is 25.3 Å². The van der Waals surface area contributed by atoms with E-state index in [9.17, 15) is 9.59 Å². The maximum Gasteiger partial charge on any atom is 0.229 e. The van der Waals surface area contributed by atoms with E-state index in [-0.39, 0.29) is 24.2 Å². The summed E-state index contributed by atoms with van der Waals surface area (Å²) in [6.07, 6.45) is 2.66. The van der Waals surface area contributed by atoms with Crippen LogP contribution >= 0.6 is 27.3 Å². The van der Waals surface area contributed by atoms with Gasteiger partial charge in [-0.2, -0.15) is 5.10 Å². The fraction of sp³-hybridized carbons (Fsp3) is 0.294. The van der Waals surface area contributed by atoms with E-state index in [0.717, 1.165) is 20.4 Å². The summed E-state index contributed by atoms with van der Waals surface area (Å²) in [6, 6.07) is 5.73. The fourth-order valence-corrected chi connectivity index (χ4v) is 4.07. The molecule has 0 saturated carbocycles. The van der Waals surface area contributed by atoms with Gasteiger partial charge >= 0.3 is 0 Å². The second-order valence-electron chi connectivity index (χ2n) is 6.11. The molecule has 1 saturated heterocycles. The van der Waals surface area contributed by atoms with Crippen LogP contribution in [0.3, 0.4) is 0 Å². The van der Waals surface area contributed by atoms with Crippen LogP contribution in [0.25, 0.3) is 10.9 Å². The maximum absolute atomic E-state index is 12.4. The zero-order valence-corrected chi connectivity index (χ0v) is 16.1. The van der Waals surface area contributed by atoms with Gasteiger partial charge in [0.25, 0.3) is 0 Å². The molecule has 26 heavy (non-hydrogen) atoms. The van der Waals surface area contributed by atoms with Gasteiger partial charge in [0, 0.05) is 47.4 Å². The van der Waals surface area contributed by atoms with Gasteiger partial charge in [-0.25, -0.2) is 4.98 Å². The van der Waals surface area contributed by atoms with Gasteiger partial charge in [0.05, 0.1) is 16.4 Å². The third-order valence-corrected chi connectivity index (χ3v) is 5.71. The lowest BCUT2D eigenvalue weighted by Crippen LogP contribution is -2.34. The quantitative estimate of drug-likeness (QED) is 0.646. The Hall–Kier alpha value is -2.26. The average Bonchev–Trinajstić information content (AvgIpc) is 3.34. The number of nitrogens with zero attached hydrogens (tertiary/aromatic N) is 3. The van der Waals surface area contributed by atoms with Crippen molar-refractivity contribution in [2.45, 2.75) is 12.8 Å². The first-order valence-electron chi connectivity index (χ1n) is 8.22. The predicted octanol–water partition coefficient (Wildman–Crippen LogP) is 2.49. The lowest BCUT2D eigenvalue weighted by Gasteiger charge is -2.14. The molecule has 1 fully saturated rings. The second kappa shape index (κ2) is 7.16. The van der Waals surface area contributed by atoms with E-state index in [1.165, 1.54) is 0 Å². The number of hydrogen-bond acceptors (Lipinski definition) is 5. The number of carbonyl (C=O) groups excluding carboxylic acids is 2. The van der Waals surface area contributed by atoms with Crippen molar-refractivity contribution in [3.63, 3.8) is 0 Å². The van der Waals surface area contributed by atoms with Crippen LogP contribution in [-0.4, -0.2) is 40.1 Å². The van der Waals surface area contributed by atoms with Crippen molar-refractivity contribution in [1.29, 1.82) is 0 Å². The molecule has 0 bridgehead atoms. The molecule has 3 heterocycles.